The fraction of sp³-hybridized carbons (Fsp3) is 0.136. The van der Waals surface area contributed by atoms with E-state index in [0.29, 0.717) is 23.2 Å². The van der Waals surface area contributed by atoms with Gasteiger partial charge >= 0.3 is 6.18 Å². The first-order valence-electron chi connectivity index (χ1n) is 9.06. The van der Waals surface area contributed by atoms with Crippen molar-refractivity contribution in [3.05, 3.63) is 83.2 Å². The molecule has 0 aliphatic rings. The number of hydrogen-bond donors (Lipinski definition) is 0. The van der Waals surface area contributed by atoms with E-state index in [1.807, 2.05) is 42.0 Å². The van der Waals surface area contributed by atoms with E-state index in [-0.39, 0.29) is 11.7 Å². The van der Waals surface area contributed by atoms with Crippen LogP contribution in [0.3, 0.4) is 0 Å². The van der Waals surface area contributed by atoms with Crippen molar-refractivity contribution in [2.24, 2.45) is 0 Å². The molecule has 0 atom stereocenters. The number of hydrogen-bond acceptors (Lipinski definition) is 4. The van der Waals surface area contributed by atoms with E-state index in [1.54, 1.807) is 6.07 Å². The van der Waals surface area contributed by atoms with Crippen LogP contribution in [-0.4, -0.2) is 21.0 Å². The SMILES string of the molecule is Cc1cc(-c2nc(-c3ccc(C(F)(F)F)cc3)no2)cn1Cc1cccc(C=O)c1. The molecule has 2 heterocycles. The average Bonchev–Trinajstić information content (AvgIpc) is 3.35. The zero-order valence-corrected chi connectivity index (χ0v) is 15.8. The summed E-state index contributed by atoms with van der Waals surface area (Å²) in [7, 11) is 0. The van der Waals surface area contributed by atoms with E-state index in [1.165, 1.54) is 12.1 Å². The zero-order chi connectivity index (χ0) is 21.3. The molecule has 0 spiro atoms. The lowest BCUT2D eigenvalue weighted by atomic mass is 10.1. The van der Waals surface area contributed by atoms with E-state index < -0.39 is 11.7 Å². The molecule has 0 aliphatic carbocycles. The maximum atomic E-state index is 12.7. The van der Waals surface area contributed by atoms with Crippen LogP contribution in [0.1, 0.15) is 27.2 Å². The molecule has 0 aliphatic heterocycles. The van der Waals surface area contributed by atoms with Gasteiger partial charge in [-0.05, 0) is 36.8 Å². The summed E-state index contributed by atoms with van der Waals surface area (Å²) in [4.78, 5) is 15.3. The maximum Gasteiger partial charge on any atom is 0.416 e. The lowest BCUT2D eigenvalue weighted by Gasteiger charge is -2.06. The summed E-state index contributed by atoms with van der Waals surface area (Å²) < 4.78 is 45.5. The number of benzene rings is 2. The van der Waals surface area contributed by atoms with Crippen LogP contribution in [-0.2, 0) is 12.7 Å². The third-order valence-corrected chi connectivity index (χ3v) is 4.70. The minimum absolute atomic E-state index is 0.211. The highest BCUT2D eigenvalue weighted by molar-refractivity contribution is 5.74. The molecular weight excluding hydrogens is 395 g/mol. The van der Waals surface area contributed by atoms with Crippen molar-refractivity contribution >= 4 is 6.29 Å². The van der Waals surface area contributed by atoms with E-state index >= 15 is 0 Å². The molecule has 0 radical (unpaired) electrons. The number of aldehydes is 1. The van der Waals surface area contributed by atoms with Crippen LogP contribution in [0.5, 0.6) is 0 Å². The molecule has 152 valence electrons. The molecule has 8 heteroatoms. The van der Waals surface area contributed by atoms with E-state index in [0.717, 1.165) is 29.7 Å². The van der Waals surface area contributed by atoms with Crippen LogP contribution in [0.2, 0.25) is 0 Å². The van der Waals surface area contributed by atoms with Gasteiger partial charge in [-0.15, -0.1) is 0 Å². The fourth-order valence-electron chi connectivity index (χ4n) is 3.13. The Hall–Kier alpha value is -3.68. The van der Waals surface area contributed by atoms with Gasteiger partial charge in [0.15, 0.2) is 0 Å². The minimum atomic E-state index is -4.40. The summed E-state index contributed by atoms with van der Waals surface area (Å²) in [5, 5.41) is 3.88. The van der Waals surface area contributed by atoms with Gasteiger partial charge in [0.1, 0.15) is 6.29 Å². The molecule has 2 aromatic heterocycles. The van der Waals surface area contributed by atoms with Gasteiger partial charge in [0.2, 0.25) is 5.82 Å². The highest BCUT2D eigenvalue weighted by Gasteiger charge is 2.30. The summed E-state index contributed by atoms with van der Waals surface area (Å²) >= 11 is 0. The minimum Gasteiger partial charge on any atom is -0.347 e. The molecule has 2 aromatic carbocycles. The van der Waals surface area contributed by atoms with Gasteiger partial charge in [0.25, 0.3) is 5.89 Å². The second-order valence-electron chi connectivity index (χ2n) is 6.86. The van der Waals surface area contributed by atoms with Crippen molar-refractivity contribution in [1.82, 2.24) is 14.7 Å². The number of carbonyl (C=O) groups excluding carboxylic acids is 1. The van der Waals surface area contributed by atoms with Crippen molar-refractivity contribution in [3.63, 3.8) is 0 Å². The van der Waals surface area contributed by atoms with Crippen LogP contribution in [0, 0.1) is 6.92 Å². The molecular formula is C22H16F3N3O2. The molecule has 0 N–H and O–H groups in total. The largest absolute Gasteiger partial charge is 0.416 e. The Balaban J connectivity index is 1.56. The third-order valence-electron chi connectivity index (χ3n) is 4.70. The Morgan fingerprint density at radius 2 is 1.83 bits per heavy atom. The van der Waals surface area contributed by atoms with Crippen LogP contribution in [0.15, 0.2) is 65.3 Å². The normalized spacial score (nSPS) is 11.6. The molecule has 0 saturated carbocycles. The summed E-state index contributed by atoms with van der Waals surface area (Å²) in [6, 6.07) is 13.8. The highest BCUT2D eigenvalue weighted by Crippen LogP contribution is 2.31. The molecule has 0 bridgehead atoms. The second-order valence-corrected chi connectivity index (χ2v) is 6.86. The van der Waals surface area contributed by atoms with Crippen molar-refractivity contribution in [1.29, 1.82) is 0 Å². The van der Waals surface area contributed by atoms with Gasteiger partial charge in [0.05, 0.1) is 11.1 Å². The first-order valence-corrected chi connectivity index (χ1v) is 9.06. The predicted octanol–water partition coefficient (Wildman–Crippen LogP) is 5.39. The van der Waals surface area contributed by atoms with Crippen LogP contribution in [0.25, 0.3) is 22.8 Å². The fourth-order valence-corrected chi connectivity index (χ4v) is 3.13. The van der Waals surface area contributed by atoms with Crippen LogP contribution in [0.4, 0.5) is 13.2 Å². The number of alkyl halides is 3. The standard InChI is InChI=1S/C22H16F3N3O2/c1-14-9-18(12-28(14)11-15-3-2-4-16(10-15)13-29)21-26-20(27-30-21)17-5-7-19(8-6-17)22(23,24)25/h2-10,12-13H,11H2,1H3. The molecule has 5 nitrogen and oxygen atoms in total. The third kappa shape index (κ3) is 4.03. The van der Waals surface area contributed by atoms with Gasteiger partial charge in [0, 0.05) is 29.6 Å². The van der Waals surface area contributed by atoms with Crippen LogP contribution < -0.4 is 0 Å². The highest BCUT2D eigenvalue weighted by atomic mass is 19.4. The molecule has 4 aromatic rings. The Labute approximate surface area is 169 Å². The molecule has 4 rings (SSSR count). The topological polar surface area (TPSA) is 60.9 Å². The molecule has 30 heavy (non-hydrogen) atoms. The molecule has 0 saturated heterocycles. The van der Waals surface area contributed by atoms with Crippen molar-refractivity contribution in [2.75, 3.05) is 0 Å². The first kappa shape index (κ1) is 19.6. The summed E-state index contributed by atoms with van der Waals surface area (Å²) in [5.41, 5.74) is 2.93. The lowest BCUT2D eigenvalue weighted by Crippen LogP contribution is -2.04. The first-order chi connectivity index (χ1) is 14.3. The number of halogens is 3. The summed E-state index contributed by atoms with van der Waals surface area (Å²) in [5.74, 6) is 0.483. The van der Waals surface area contributed by atoms with Gasteiger partial charge in [-0.1, -0.05) is 35.5 Å². The van der Waals surface area contributed by atoms with Crippen LogP contribution >= 0.6 is 0 Å². The van der Waals surface area contributed by atoms with Crippen molar-refractivity contribution in [3.8, 4) is 22.8 Å². The number of rotatable bonds is 5. The number of carbonyl (C=O) groups is 1. The number of aromatic nitrogens is 3. The Kier molecular flexibility index (Phi) is 4.99. The monoisotopic (exact) mass is 411 g/mol. The van der Waals surface area contributed by atoms with Crippen molar-refractivity contribution < 1.29 is 22.5 Å². The quantitative estimate of drug-likeness (QED) is 0.413. The lowest BCUT2D eigenvalue weighted by molar-refractivity contribution is -0.137. The van der Waals surface area contributed by atoms with E-state index in [4.69, 9.17) is 4.52 Å². The van der Waals surface area contributed by atoms with Gasteiger partial charge in [-0.25, -0.2) is 0 Å². The zero-order valence-electron chi connectivity index (χ0n) is 15.8. The smallest absolute Gasteiger partial charge is 0.347 e. The average molecular weight is 411 g/mol. The molecule has 0 amide bonds. The van der Waals surface area contributed by atoms with E-state index in [2.05, 4.69) is 10.1 Å². The van der Waals surface area contributed by atoms with Gasteiger partial charge in [-0.3, -0.25) is 4.79 Å². The molecule has 0 fully saturated rings. The summed E-state index contributed by atoms with van der Waals surface area (Å²) in [6.45, 7) is 2.49. The van der Waals surface area contributed by atoms with E-state index in [9.17, 15) is 18.0 Å². The van der Waals surface area contributed by atoms with Gasteiger partial charge in [-0.2, -0.15) is 18.2 Å². The Morgan fingerprint density at radius 1 is 1.07 bits per heavy atom. The summed E-state index contributed by atoms with van der Waals surface area (Å²) in [6.07, 6.45) is -1.74. The predicted molar refractivity (Wildman–Crippen MR) is 104 cm³/mol. The second kappa shape index (κ2) is 7.62. The maximum absolute atomic E-state index is 12.7. The Bertz CT molecular complexity index is 1190. The number of aryl methyl sites for hydroxylation is 1. The van der Waals surface area contributed by atoms with Gasteiger partial charge < -0.3 is 9.09 Å². The molecule has 0 unspecified atom stereocenters. The van der Waals surface area contributed by atoms with Crippen molar-refractivity contribution in [2.45, 2.75) is 19.6 Å². The Morgan fingerprint density at radius 3 is 2.53 bits per heavy atom. The number of nitrogens with zero attached hydrogens (tertiary/aromatic N) is 3.